The van der Waals surface area contributed by atoms with E-state index >= 15 is 0 Å². The summed E-state index contributed by atoms with van der Waals surface area (Å²) in [6.07, 6.45) is 1.39. The van der Waals surface area contributed by atoms with Crippen molar-refractivity contribution in [1.82, 2.24) is 15.1 Å². The van der Waals surface area contributed by atoms with E-state index in [9.17, 15) is 4.79 Å². The van der Waals surface area contributed by atoms with Gasteiger partial charge in [0.05, 0.1) is 23.9 Å². The van der Waals surface area contributed by atoms with E-state index in [-0.39, 0.29) is 19.0 Å². The second-order valence-electron chi connectivity index (χ2n) is 2.89. The summed E-state index contributed by atoms with van der Waals surface area (Å²) in [5.74, 6) is -0.357. The summed E-state index contributed by atoms with van der Waals surface area (Å²) in [4.78, 5) is 12.9. The second-order valence-corrected chi connectivity index (χ2v) is 2.89. The first-order chi connectivity index (χ1) is 7.20. The Morgan fingerprint density at radius 1 is 1.53 bits per heavy atom. The number of aromatic nitrogens is 2. The Bertz CT molecular complexity index is 420. The minimum absolute atomic E-state index is 0.100. The van der Waals surface area contributed by atoms with Crippen LogP contribution in [0, 0.1) is 29.6 Å². The molecule has 0 radical (unpaired) electrons. The zero-order chi connectivity index (χ0) is 11.3. The fourth-order valence-corrected chi connectivity index (χ4v) is 1.11. The van der Waals surface area contributed by atoms with E-state index in [1.165, 1.54) is 6.20 Å². The van der Waals surface area contributed by atoms with Gasteiger partial charge in [-0.25, -0.2) is 0 Å². The Kier molecular flexibility index (Phi) is 3.42. The van der Waals surface area contributed by atoms with E-state index in [1.54, 1.807) is 6.92 Å². The first-order valence-electron chi connectivity index (χ1n) is 4.23. The van der Waals surface area contributed by atoms with Crippen LogP contribution in [-0.2, 0) is 0 Å². The summed E-state index contributed by atoms with van der Waals surface area (Å²) < 4.78 is 0. The lowest BCUT2D eigenvalue weighted by Gasteiger charge is -2.14. The van der Waals surface area contributed by atoms with Gasteiger partial charge >= 0.3 is 0 Å². The van der Waals surface area contributed by atoms with Crippen molar-refractivity contribution >= 4 is 5.91 Å². The van der Waals surface area contributed by atoms with Crippen LogP contribution in [0.1, 0.15) is 16.1 Å². The van der Waals surface area contributed by atoms with Crippen LogP contribution >= 0.6 is 0 Å². The molecule has 0 unspecified atom stereocenters. The van der Waals surface area contributed by atoms with Gasteiger partial charge in [0.1, 0.15) is 13.1 Å². The molecule has 1 rings (SSSR count). The number of carbonyl (C=O) groups is 1. The number of aryl methyl sites for hydroxylation is 1. The SMILES string of the molecule is Cc1[nH]ncc1C(=O)N(CC#N)CC#N. The molecule has 0 aliphatic heterocycles. The number of nitriles is 2. The van der Waals surface area contributed by atoms with E-state index in [4.69, 9.17) is 10.5 Å². The fraction of sp³-hybridized carbons (Fsp3) is 0.333. The zero-order valence-electron chi connectivity index (χ0n) is 8.19. The molecule has 1 aromatic rings. The van der Waals surface area contributed by atoms with Gasteiger partial charge in [0, 0.05) is 5.69 Å². The van der Waals surface area contributed by atoms with Gasteiger partial charge < -0.3 is 4.90 Å². The fourth-order valence-electron chi connectivity index (χ4n) is 1.11. The zero-order valence-corrected chi connectivity index (χ0v) is 8.19. The lowest BCUT2D eigenvalue weighted by atomic mass is 10.2. The van der Waals surface area contributed by atoms with Gasteiger partial charge in [-0.05, 0) is 6.92 Å². The van der Waals surface area contributed by atoms with Crippen molar-refractivity contribution < 1.29 is 4.79 Å². The number of nitrogens with one attached hydrogen (secondary N) is 1. The van der Waals surface area contributed by atoms with Gasteiger partial charge in [-0.3, -0.25) is 9.89 Å². The van der Waals surface area contributed by atoms with Crippen molar-refractivity contribution in [3.05, 3.63) is 17.5 Å². The molecular formula is C9H9N5O. The largest absolute Gasteiger partial charge is 0.312 e. The normalized spacial score (nSPS) is 9.00. The molecule has 1 heterocycles. The Morgan fingerprint density at radius 3 is 2.53 bits per heavy atom. The third-order valence-corrected chi connectivity index (χ3v) is 1.87. The van der Waals surface area contributed by atoms with Crippen LogP contribution < -0.4 is 0 Å². The minimum atomic E-state index is -0.357. The van der Waals surface area contributed by atoms with Crippen molar-refractivity contribution in [2.75, 3.05) is 13.1 Å². The topological polar surface area (TPSA) is 96.6 Å². The van der Waals surface area contributed by atoms with E-state index in [2.05, 4.69) is 10.2 Å². The van der Waals surface area contributed by atoms with Gasteiger partial charge in [-0.2, -0.15) is 15.6 Å². The first kappa shape index (κ1) is 10.7. The highest BCUT2D eigenvalue weighted by atomic mass is 16.2. The number of rotatable bonds is 3. The van der Waals surface area contributed by atoms with Crippen molar-refractivity contribution in [2.45, 2.75) is 6.92 Å². The van der Waals surface area contributed by atoms with Crippen LogP contribution in [0.3, 0.4) is 0 Å². The van der Waals surface area contributed by atoms with Crippen LogP contribution in [0.2, 0.25) is 0 Å². The predicted molar refractivity (Wildman–Crippen MR) is 50.5 cm³/mol. The van der Waals surface area contributed by atoms with E-state index < -0.39 is 0 Å². The molecule has 0 bridgehead atoms. The summed E-state index contributed by atoms with van der Waals surface area (Å²) in [7, 11) is 0. The first-order valence-corrected chi connectivity index (χ1v) is 4.23. The number of aromatic amines is 1. The summed E-state index contributed by atoms with van der Waals surface area (Å²) in [6, 6.07) is 3.68. The van der Waals surface area contributed by atoms with E-state index in [1.807, 2.05) is 12.1 Å². The van der Waals surface area contributed by atoms with Gasteiger partial charge in [-0.1, -0.05) is 0 Å². The lowest BCUT2D eigenvalue weighted by molar-refractivity contribution is 0.0794. The van der Waals surface area contributed by atoms with Crippen molar-refractivity contribution in [3.63, 3.8) is 0 Å². The number of nitrogens with zero attached hydrogens (tertiary/aromatic N) is 4. The molecule has 0 aliphatic rings. The Hall–Kier alpha value is -2.34. The molecule has 15 heavy (non-hydrogen) atoms. The molecular weight excluding hydrogens is 194 g/mol. The number of hydrogen-bond acceptors (Lipinski definition) is 4. The van der Waals surface area contributed by atoms with E-state index in [0.717, 1.165) is 4.90 Å². The van der Waals surface area contributed by atoms with Crippen LogP contribution in [0.25, 0.3) is 0 Å². The van der Waals surface area contributed by atoms with Crippen LogP contribution in [0.4, 0.5) is 0 Å². The Morgan fingerprint density at radius 2 is 2.13 bits per heavy atom. The monoisotopic (exact) mass is 203 g/mol. The molecule has 0 fully saturated rings. The number of amides is 1. The highest BCUT2D eigenvalue weighted by Crippen LogP contribution is 2.06. The lowest BCUT2D eigenvalue weighted by Crippen LogP contribution is -2.31. The summed E-state index contributed by atoms with van der Waals surface area (Å²) in [5, 5.41) is 23.3. The van der Waals surface area contributed by atoms with Crippen LogP contribution in [-0.4, -0.2) is 34.1 Å². The highest BCUT2D eigenvalue weighted by Gasteiger charge is 2.18. The standard InChI is InChI=1S/C9H9N5O/c1-7-8(6-12-13-7)9(15)14(4-2-10)5-3-11/h6H,4-5H2,1H3,(H,12,13). The van der Waals surface area contributed by atoms with Crippen LogP contribution in [0.15, 0.2) is 6.20 Å². The maximum atomic E-state index is 11.8. The van der Waals surface area contributed by atoms with Gasteiger partial charge in [-0.15, -0.1) is 0 Å². The van der Waals surface area contributed by atoms with Crippen molar-refractivity contribution in [1.29, 1.82) is 10.5 Å². The minimum Gasteiger partial charge on any atom is -0.312 e. The summed E-state index contributed by atoms with van der Waals surface area (Å²) >= 11 is 0. The molecule has 1 aromatic heterocycles. The van der Waals surface area contributed by atoms with Gasteiger partial charge in [0.15, 0.2) is 0 Å². The smallest absolute Gasteiger partial charge is 0.259 e. The highest BCUT2D eigenvalue weighted by molar-refractivity contribution is 5.95. The summed E-state index contributed by atoms with van der Waals surface area (Å²) in [6.45, 7) is 1.51. The molecule has 0 saturated heterocycles. The third-order valence-electron chi connectivity index (χ3n) is 1.87. The molecule has 0 saturated carbocycles. The third kappa shape index (κ3) is 2.32. The van der Waals surface area contributed by atoms with Crippen LogP contribution in [0.5, 0.6) is 0 Å². The van der Waals surface area contributed by atoms with E-state index in [0.29, 0.717) is 11.3 Å². The molecule has 1 N–H and O–H groups in total. The molecule has 6 heteroatoms. The van der Waals surface area contributed by atoms with Gasteiger partial charge in [0.2, 0.25) is 0 Å². The molecule has 1 amide bonds. The average Bonchev–Trinajstić information content (AvgIpc) is 2.63. The summed E-state index contributed by atoms with van der Waals surface area (Å²) in [5.41, 5.74) is 1.02. The molecule has 0 aliphatic carbocycles. The van der Waals surface area contributed by atoms with Crippen molar-refractivity contribution in [2.24, 2.45) is 0 Å². The second kappa shape index (κ2) is 4.77. The Labute approximate surface area is 86.7 Å². The molecule has 0 atom stereocenters. The predicted octanol–water partition coefficient (Wildman–Crippen LogP) is 0.207. The number of hydrogen-bond donors (Lipinski definition) is 1. The number of H-pyrrole nitrogens is 1. The average molecular weight is 203 g/mol. The van der Waals surface area contributed by atoms with Crippen molar-refractivity contribution in [3.8, 4) is 12.1 Å². The maximum absolute atomic E-state index is 11.8. The molecule has 0 aromatic carbocycles. The molecule has 76 valence electrons. The molecule has 0 spiro atoms. The van der Waals surface area contributed by atoms with Gasteiger partial charge in [0.25, 0.3) is 5.91 Å². The quantitative estimate of drug-likeness (QED) is 0.710. The Balaban J connectivity index is 2.87. The number of carbonyl (C=O) groups excluding carboxylic acids is 1. The molecule has 6 nitrogen and oxygen atoms in total. The maximum Gasteiger partial charge on any atom is 0.259 e.